The summed E-state index contributed by atoms with van der Waals surface area (Å²) >= 11 is 0. The maximum Gasteiger partial charge on any atom is 0.314 e. The summed E-state index contributed by atoms with van der Waals surface area (Å²) in [5.41, 5.74) is -1.34. The molecule has 0 radical (unpaired) electrons. The topological polar surface area (TPSA) is 155 Å². The zero-order chi connectivity index (χ0) is 16.2. The first-order chi connectivity index (χ1) is 8.83. The van der Waals surface area contributed by atoms with E-state index in [-0.39, 0.29) is 6.42 Å². The highest BCUT2D eigenvalue weighted by atomic mass is 32.2. The van der Waals surface area contributed by atoms with Gasteiger partial charge in [0.15, 0.2) is 0 Å². The van der Waals surface area contributed by atoms with Crippen molar-refractivity contribution in [3.8, 4) is 0 Å². The lowest BCUT2D eigenvalue weighted by molar-refractivity contribution is -0.161. The van der Waals surface area contributed by atoms with Gasteiger partial charge >= 0.3 is 5.97 Å². The van der Waals surface area contributed by atoms with Crippen molar-refractivity contribution in [3.05, 3.63) is 0 Å². The SMILES string of the molecule is CCC(C)(CO)C(=O)OC(CS(=O)(=O)O)CS(=O)(=O)O. The molecule has 0 aromatic rings. The van der Waals surface area contributed by atoms with Crippen molar-refractivity contribution in [1.82, 2.24) is 0 Å². The highest BCUT2D eigenvalue weighted by Gasteiger charge is 2.36. The highest BCUT2D eigenvalue weighted by molar-refractivity contribution is 7.86. The summed E-state index contributed by atoms with van der Waals surface area (Å²) in [5, 5.41) is 9.10. The van der Waals surface area contributed by atoms with Crippen molar-refractivity contribution in [1.29, 1.82) is 0 Å². The highest BCUT2D eigenvalue weighted by Crippen LogP contribution is 2.23. The van der Waals surface area contributed by atoms with Crippen LogP contribution in [0.4, 0.5) is 0 Å². The Bertz CT molecular complexity index is 496. The first kappa shape index (κ1) is 19.2. The molecule has 0 aliphatic carbocycles. The van der Waals surface area contributed by atoms with Gasteiger partial charge < -0.3 is 9.84 Å². The summed E-state index contributed by atoms with van der Waals surface area (Å²) in [6, 6.07) is 0. The molecule has 120 valence electrons. The molecule has 1 unspecified atom stereocenters. The zero-order valence-corrected chi connectivity index (χ0v) is 12.6. The first-order valence-electron chi connectivity index (χ1n) is 5.55. The fraction of sp³-hybridized carbons (Fsp3) is 0.889. The average molecular weight is 334 g/mol. The van der Waals surface area contributed by atoms with Crippen LogP contribution in [0.2, 0.25) is 0 Å². The smallest absolute Gasteiger partial charge is 0.314 e. The molecule has 3 N–H and O–H groups in total. The molecule has 0 aliphatic rings. The molecule has 1 atom stereocenters. The number of ether oxygens (including phenoxy) is 1. The molecule has 0 saturated heterocycles. The summed E-state index contributed by atoms with van der Waals surface area (Å²) in [7, 11) is -9.23. The lowest BCUT2D eigenvalue weighted by Gasteiger charge is -2.26. The Balaban J connectivity index is 5.12. The van der Waals surface area contributed by atoms with Crippen LogP contribution in [0.3, 0.4) is 0 Å². The molecule has 0 fully saturated rings. The summed E-state index contributed by atoms with van der Waals surface area (Å²) < 4.78 is 65.0. The van der Waals surface area contributed by atoms with Gasteiger partial charge in [-0.25, -0.2) is 0 Å². The average Bonchev–Trinajstić information content (AvgIpc) is 2.23. The first-order valence-corrected chi connectivity index (χ1v) is 8.77. The Morgan fingerprint density at radius 2 is 1.55 bits per heavy atom. The lowest BCUT2D eigenvalue weighted by Crippen LogP contribution is -2.40. The zero-order valence-electron chi connectivity index (χ0n) is 11.0. The van der Waals surface area contributed by atoms with Gasteiger partial charge in [0.2, 0.25) is 0 Å². The second-order valence-electron chi connectivity index (χ2n) is 4.60. The number of aliphatic hydroxyl groups excluding tert-OH is 1. The van der Waals surface area contributed by atoms with Gasteiger partial charge in [0, 0.05) is 0 Å². The van der Waals surface area contributed by atoms with Crippen LogP contribution < -0.4 is 0 Å². The molecule has 0 aromatic carbocycles. The molecule has 20 heavy (non-hydrogen) atoms. The van der Waals surface area contributed by atoms with Crippen molar-refractivity contribution >= 4 is 26.2 Å². The van der Waals surface area contributed by atoms with E-state index < -0.39 is 55.8 Å². The molecular weight excluding hydrogens is 316 g/mol. The third kappa shape index (κ3) is 7.14. The summed E-state index contributed by atoms with van der Waals surface area (Å²) in [6.45, 7) is 2.32. The van der Waals surface area contributed by atoms with Crippen LogP contribution in [0.15, 0.2) is 0 Å². The number of carbonyl (C=O) groups excluding carboxylic acids is 1. The number of carbonyl (C=O) groups is 1. The molecule has 0 heterocycles. The van der Waals surface area contributed by atoms with Crippen molar-refractivity contribution < 1.29 is 40.6 Å². The van der Waals surface area contributed by atoms with E-state index in [4.69, 9.17) is 14.2 Å². The molecule has 0 rings (SSSR count). The normalized spacial score (nSPS) is 15.9. The standard InChI is InChI=1S/C9H18O9S2/c1-3-9(2,6-10)8(11)18-7(4-19(12,13)14)5-20(15,16)17/h7,10H,3-6H2,1-2H3,(H,12,13,14)(H,15,16,17). The number of hydrogen-bond acceptors (Lipinski definition) is 7. The number of rotatable bonds is 8. The minimum atomic E-state index is -4.62. The third-order valence-corrected chi connectivity index (χ3v) is 4.27. The van der Waals surface area contributed by atoms with E-state index in [9.17, 15) is 21.6 Å². The van der Waals surface area contributed by atoms with Crippen LogP contribution >= 0.6 is 0 Å². The molecular formula is C9H18O9S2. The van der Waals surface area contributed by atoms with Gasteiger partial charge in [0.1, 0.15) is 17.6 Å². The molecule has 0 spiro atoms. The van der Waals surface area contributed by atoms with Crippen molar-refractivity contribution in [3.63, 3.8) is 0 Å². The fourth-order valence-corrected chi connectivity index (χ4v) is 2.66. The van der Waals surface area contributed by atoms with E-state index in [1.165, 1.54) is 6.92 Å². The van der Waals surface area contributed by atoms with Gasteiger partial charge in [-0.05, 0) is 13.3 Å². The summed E-state index contributed by atoms with van der Waals surface area (Å²) in [5.74, 6) is -3.38. The predicted molar refractivity (Wildman–Crippen MR) is 68.2 cm³/mol. The minimum Gasteiger partial charge on any atom is -0.460 e. The summed E-state index contributed by atoms with van der Waals surface area (Å²) in [6.07, 6.45) is -1.61. The van der Waals surface area contributed by atoms with Crippen molar-refractivity contribution in [2.45, 2.75) is 26.4 Å². The minimum absolute atomic E-state index is 0.160. The van der Waals surface area contributed by atoms with E-state index in [0.29, 0.717) is 0 Å². The maximum atomic E-state index is 11.8. The van der Waals surface area contributed by atoms with E-state index in [0.717, 1.165) is 0 Å². The number of hydrogen-bond donors (Lipinski definition) is 3. The van der Waals surface area contributed by atoms with Crippen LogP contribution in [0, 0.1) is 5.41 Å². The quantitative estimate of drug-likeness (QED) is 0.377. The van der Waals surface area contributed by atoms with E-state index >= 15 is 0 Å². The monoisotopic (exact) mass is 334 g/mol. The number of esters is 1. The Kier molecular flexibility index (Phi) is 6.55. The predicted octanol–water partition coefficient (Wildman–Crippen LogP) is -0.918. The third-order valence-electron chi connectivity index (χ3n) is 2.69. The van der Waals surface area contributed by atoms with Gasteiger partial charge in [-0.2, -0.15) is 16.8 Å². The molecule has 0 aliphatic heterocycles. The molecule has 0 amide bonds. The Labute approximate surface area is 117 Å². The van der Waals surface area contributed by atoms with Crippen LogP contribution in [0.1, 0.15) is 20.3 Å². The fourth-order valence-electron chi connectivity index (χ4n) is 1.20. The Morgan fingerprint density at radius 1 is 1.15 bits per heavy atom. The largest absolute Gasteiger partial charge is 0.460 e. The van der Waals surface area contributed by atoms with Crippen LogP contribution in [0.25, 0.3) is 0 Å². The molecule has 11 heteroatoms. The van der Waals surface area contributed by atoms with Gasteiger partial charge in [-0.15, -0.1) is 0 Å². The van der Waals surface area contributed by atoms with E-state index in [2.05, 4.69) is 4.74 Å². The lowest BCUT2D eigenvalue weighted by atomic mass is 9.89. The van der Waals surface area contributed by atoms with Crippen LogP contribution in [-0.4, -0.2) is 61.2 Å². The van der Waals surface area contributed by atoms with Crippen molar-refractivity contribution in [2.24, 2.45) is 5.41 Å². The van der Waals surface area contributed by atoms with Gasteiger partial charge in [0.25, 0.3) is 20.2 Å². The summed E-state index contributed by atoms with van der Waals surface area (Å²) in [4.78, 5) is 11.8. The second-order valence-corrected chi connectivity index (χ2v) is 7.59. The maximum absolute atomic E-state index is 11.8. The second kappa shape index (κ2) is 6.80. The van der Waals surface area contributed by atoms with Crippen LogP contribution in [-0.2, 0) is 29.8 Å². The van der Waals surface area contributed by atoms with Crippen LogP contribution in [0.5, 0.6) is 0 Å². The van der Waals surface area contributed by atoms with Crippen molar-refractivity contribution in [2.75, 3.05) is 18.1 Å². The Morgan fingerprint density at radius 3 is 1.80 bits per heavy atom. The molecule has 9 nitrogen and oxygen atoms in total. The molecule has 0 bridgehead atoms. The van der Waals surface area contributed by atoms with E-state index in [1.54, 1.807) is 6.92 Å². The Hall–Kier alpha value is -0.750. The van der Waals surface area contributed by atoms with E-state index in [1.807, 2.05) is 0 Å². The molecule has 0 aromatic heterocycles. The van der Waals surface area contributed by atoms with Gasteiger partial charge in [-0.3, -0.25) is 13.9 Å². The molecule has 0 saturated carbocycles. The van der Waals surface area contributed by atoms with Gasteiger partial charge in [-0.1, -0.05) is 6.92 Å². The van der Waals surface area contributed by atoms with Gasteiger partial charge in [0.05, 0.1) is 12.0 Å². The number of aliphatic hydroxyl groups is 1.